The van der Waals surface area contributed by atoms with Crippen molar-refractivity contribution in [3.63, 3.8) is 0 Å². The highest BCUT2D eigenvalue weighted by atomic mass is 15.0. The van der Waals surface area contributed by atoms with E-state index in [0.717, 1.165) is 6.54 Å². The van der Waals surface area contributed by atoms with E-state index >= 15 is 0 Å². The highest BCUT2D eigenvalue weighted by Crippen LogP contribution is 2.02. The van der Waals surface area contributed by atoms with Crippen molar-refractivity contribution in [2.45, 2.75) is 12.5 Å². The molecule has 1 radical (unpaired) electrons. The van der Waals surface area contributed by atoms with Crippen molar-refractivity contribution in [1.29, 1.82) is 0 Å². The molecule has 1 heterocycles. The Kier molecular flexibility index (Phi) is 0.926. The average molecular weight is 82.1 g/mol. The molecule has 0 spiro atoms. The molecule has 0 bridgehead atoms. The summed E-state index contributed by atoms with van der Waals surface area (Å²) in [6.45, 7) is 4.64. The molecule has 0 amide bonds. The van der Waals surface area contributed by atoms with Gasteiger partial charge in [-0.05, 0) is 6.42 Å². The summed E-state index contributed by atoms with van der Waals surface area (Å²) in [6.07, 6.45) is 3.12. The van der Waals surface area contributed by atoms with Crippen molar-refractivity contribution < 1.29 is 0 Å². The fourth-order valence-corrected chi connectivity index (χ4v) is 0.471. The van der Waals surface area contributed by atoms with Crippen LogP contribution in [0.1, 0.15) is 6.42 Å². The lowest BCUT2D eigenvalue weighted by atomic mass is 10.1. The summed E-state index contributed by atoms with van der Waals surface area (Å²) in [6, 6.07) is 0.505. The Labute approximate surface area is 38.1 Å². The quantitative estimate of drug-likeness (QED) is 0.410. The van der Waals surface area contributed by atoms with Gasteiger partial charge in [-0.15, -0.1) is 6.58 Å². The van der Waals surface area contributed by atoms with Crippen molar-refractivity contribution in [1.82, 2.24) is 5.32 Å². The molecule has 1 atom stereocenters. The first-order valence-electron chi connectivity index (χ1n) is 2.22. The summed E-state index contributed by atoms with van der Waals surface area (Å²) >= 11 is 0. The van der Waals surface area contributed by atoms with E-state index < -0.39 is 0 Å². The van der Waals surface area contributed by atoms with Gasteiger partial charge in [0.2, 0.25) is 0 Å². The van der Waals surface area contributed by atoms with Crippen LogP contribution in [0.4, 0.5) is 0 Å². The molecule has 1 aliphatic rings. The second kappa shape index (κ2) is 1.43. The second-order valence-electron chi connectivity index (χ2n) is 1.50. The summed E-state index contributed by atoms with van der Waals surface area (Å²) < 4.78 is 0. The SMILES string of the molecule is C=CC1CC[N]1. The highest BCUT2D eigenvalue weighted by molar-refractivity contribution is 4.91. The molecule has 0 aliphatic carbocycles. The van der Waals surface area contributed by atoms with Crippen LogP contribution in [0.5, 0.6) is 0 Å². The first-order valence-corrected chi connectivity index (χ1v) is 2.22. The lowest BCUT2D eigenvalue weighted by molar-refractivity contribution is 0.425. The predicted octanol–water partition coefficient (Wildman–Crippen LogP) is 0.549. The zero-order valence-corrected chi connectivity index (χ0v) is 3.72. The normalized spacial score (nSPS) is 31.7. The van der Waals surface area contributed by atoms with Crippen molar-refractivity contribution in [3.05, 3.63) is 12.7 Å². The number of nitrogens with zero attached hydrogens (tertiary/aromatic N) is 1. The molecule has 1 nitrogen and oxygen atoms in total. The van der Waals surface area contributed by atoms with E-state index in [2.05, 4.69) is 11.9 Å². The van der Waals surface area contributed by atoms with E-state index in [1.807, 2.05) is 6.08 Å². The van der Waals surface area contributed by atoms with Crippen molar-refractivity contribution in [3.8, 4) is 0 Å². The van der Waals surface area contributed by atoms with Crippen LogP contribution in [0.2, 0.25) is 0 Å². The van der Waals surface area contributed by atoms with Crippen LogP contribution >= 0.6 is 0 Å². The fraction of sp³-hybridized carbons (Fsp3) is 0.600. The number of rotatable bonds is 1. The van der Waals surface area contributed by atoms with Gasteiger partial charge in [-0.1, -0.05) is 6.08 Å². The van der Waals surface area contributed by atoms with Gasteiger partial charge < -0.3 is 0 Å². The van der Waals surface area contributed by atoms with Crippen molar-refractivity contribution in [2.75, 3.05) is 6.54 Å². The summed E-state index contributed by atoms with van der Waals surface area (Å²) in [5.74, 6) is 0. The van der Waals surface area contributed by atoms with E-state index in [-0.39, 0.29) is 0 Å². The molecule has 1 fully saturated rings. The van der Waals surface area contributed by atoms with Gasteiger partial charge in [0.05, 0.1) is 0 Å². The van der Waals surface area contributed by atoms with Gasteiger partial charge in [0.15, 0.2) is 0 Å². The molecule has 0 aromatic rings. The molecule has 1 rings (SSSR count). The lowest BCUT2D eigenvalue weighted by Crippen LogP contribution is -2.33. The zero-order chi connectivity index (χ0) is 4.41. The maximum absolute atomic E-state index is 4.07. The second-order valence-corrected chi connectivity index (χ2v) is 1.50. The minimum absolute atomic E-state index is 0.505. The van der Waals surface area contributed by atoms with E-state index in [1.54, 1.807) is 0 Å². The third kappa shape index (κ3) is 0.455. The van der Waals surface area contributed by atoms with Gasteiger partial charge in [-0.3, -0.25) is 0 Å². The topological polar surface area (TPSA) is 14.1 Å². The third-order valence-corrected chi connectivity index (χ3v) is 1.06. The van der Waals surface area contributed by atoms with Crippen LogP contribution in [-0.4, -0.2) is 12.6 Å². The highest BCUT2D eigenvalue weighted by Gasteiger charge is 2.12. The molecule has 0 aromatic carbocycles. The average Bonchev–Trinajstić information content (AvgIpc) is 1.31. The predicted molar refractivity (Wildman–Crippen MR) is 25.6 cm³/mol. The van der Waals surface area contributed by atoms with Crippen LogP contribution in [-0.2, 0) is 0 Å². The zero-order valence-electron chi connectivity index (χ0n) is 3.72. The van der Waals surface area contributed by atoms with Gasteiger partial charge in [-0.25, -0.2) is 5.32 Å². The molecule has 0 aromatic heterocycles. The molecule has 0 N–H and O–H groups in total. The Morgan fingerprint density at radius 3 is 2.50 bits per heavy atom. The summed E-state index contributed by atoms with van der Waals surface area (Å²) in [4.78, 5) is 0. The maximum Gasteiger partial charge on any atom is 0.0436 e. The fourth-order valence-electron chi connectivity index (χ4n) is 0.471. The lowest BCUT2D eigenvalue weighted by Gasteiger charge is -2.20. The first-order chi connectivity index (χ1) is 2.93. The largest absolute Gasteiger partial charge is 0.234 e. The molecule has 1 heteroatoms. The standard InChI is InChI=1S/C5H8N/c1-2-5-3-4-6-5/h2,5H,1,3-4H2. The van der Waals surface area contributed by atoms with Crippen molar-refractivity contribution in [2.24, 2.45) is 0 Å². The van der Waals surface area contributed by atoms with Gasteiger partial charge in [0.1, 0.15) is 0 Å². The number of hydrogen-bond acceptors (Lipinski definition) is 0. The Bertz CT molecular complexity index is 55.0. The van der Waals surface area contributed by atoms with E-state index in [1.165, 1.54) is 6.42 Å². The van der Waals surface area contributed by atoms with Crippen LogP contribution < -0.4 is 5.32 Å². The van der Waals surface area contributed by atoms with Crippen molar-refractivity contribution >= 4 is 0 Å². The molecular weight excluding hydrogens is 74.1 g/mol. The molecule has 1 unspecified atom stereocenters. The van der Waals surface area contributed by atoms with Crippen LogP contribution in [0.3, 0.4) is 0 Å². The molecule has 1 aliphatic heterocycles. The molecule has 1 saturated heterocycles. The molecule has 6 heavy (non-hydrogen) atoms. The smallest absolute Gasteiger partial charge is 0.0436 e. The van der Waals surface area contributed by atoms with Gasteiger partial charge >= 0.3 is 0 Å². The Hall–Kier alpha value is -0.300. The Morgan fingerprint density at radius 1 is 1.83 bits per heavy atom. The Balaban J connectivity index is 2.16. The number of hydrogen-bond donors (Lipinski definition) is 0. The summed E-state index contributed by atoms with van der Waals surface area (Å²) in [7, 11) is 0. The molecule has 33 valence electrons. The van der Waals surface area contributed by atoms with Crippen LogP contribution in [0.25, 0.3) is 0 Å². The maximum atomic E-state index is 4.07. The molecule has 0 saturated carbocycles. The van der Waals surface area contributed by atoms with E-state index in [9.17, 15) is 0 Å². The summed E-state index contributed by atoms with van der Waals surface area (Å²) in [5.41, 5.74) is 0. The molecular formula is C5H8N. The van der Waals surface area contributed by atoms with Crippen LogP contribution in [0, 0.1) is 0 Å². The van der Waals surface area contributed by atoms with Crippen LogP contribution in [0.15, 0.2) is 12.7 Å². The van der Waals surface area contributed by atoms with Gasteiger partial charge in [0, 0.05) is 12.6 Å². The van der Waals surface area contributed by atoms with Gasteiger partial charge in [0.25, 0.3) is 0 Å². The van der Waals surface area contributed by atoms with E-state index in [4.69, 9.17) is 0 Å². The minimum atomic E-state index is 0.505. The monoisotopic (exact) mass is 82.1 g/mol. The summed E-state index contributed by atoms with van der Waals surface area (Å²) in [5, 5.41) is 4.07. The van der Waals surface area contributed by atoms with E-state index in [0.29, 0.717) is 6.04 Å². The first kappa shape index (κ1) is 3.88. The third-order valence-electron chi connectivity index (χ3n) is 1.06. The Morgan fingerprint density at radius 2 is 2.50 bits per heavy atom. The van der Waals surface area contributed by atoms with Gasteiger partial charge in [-0.2, -0.15) is 0 Å². The minimum Gasteiger partial charge on any atom is -0.234 e.